The number of rotatable bonds is 8. The second-order valence-electron chi connectivity index (χ2n) is 8.28. The number of benzene rings is 1. The van der Waals surface area contributed by atoms with Gasteiger partial charge in [0.1, 0.15) is 5.69 Å². The Balaban J connectivity index is 1.67. The van der Waals surface area contributed by atoms with Crippen LogP contribution in [0.5, 0.6) is 0 Å². The van der Waals surface area contributed by atoms with Gasteiger partial charge < -0.3 is 25.7 Å². The topological polar surface area (TPSA) is 128 Å². The number of carbonyl (C=O) groups excluding carboxylic acids is 3. The van der Waals surface area contributed by atoms with Gasteiger partial charge in [-0.1, -0.05) is 11.6 Å². The zero-order valence-electron chi connectivity index (χ0n) is 18.7. The highest BCUT2D eigenvalue weighted by molar-refractivity contribution is 6.33. The maximum Gasteiger partial charge on any atom is 0.272 e. The van der Waals surface area contributed by atoms with Crippen molar-refractivity contribution >= 4 is 35.0 Å². The van der Waals surface area contributed by atoms with E-state index in [1.165, 1.54) is 13.4 Å². The molecule has 1 unspecified atom stereocenters. The summed E-state index contributed by atoms with van der Waals surface area (Å²) in [4.78, 5) is 41.5. The summed E-state index contributed by atoms with van der Waals surface area (Å²) in [6.07, 6.45) is 3.35. The van der Waals surface area contributed by atoms with Crippen LogP contribution in [0.3, 0.4) is 0 Å². The Labute approximate surface area is 200 Å². The van der Waals surface area contributed by atoms with Crippen LogP contribution in [0.25, 0.3) is 0 Å². The molecule has 12 heteroatoms. The third-order valence-corrected chi connectivity index (χ3v) is 6.08. The van der Waals surface area contributed by atoms with Gasteiger partial charge >= 0.3 is 0 Å². The summed E-state index contributed by atoms with van der Waals surface area (Å²) in [7, 11) is 1.51. The Hall–Kier alpha value is -3.05. The molecular formula is C22H26ClF2N5O4. The molecule has 0 spiro atoms. The van der Waals surface area contributed by atoms with Gasteiger partial charge in [0.25, 0.3) is 11.8 Å². The molecule has 34 heavy (non-hydrogen) atoms. The number of nitrogens with one attached hydrogen (secondary N) is 2. The first-order valence-corrected chi connectivity index (χ1v) is 11.1. The van der Waals surface area contributed by atoms with Crippen LogP contribution in [-0.2, 0) is 9.53 Å². The first kappa shape index (κ1) is 25.6. The minimum absolute atomic E-state index is 0.00308. The van der Waals surface area contributed by atoms with Crippen LogP contribution in [0, 0.1) is 17.6 Å². The molecule has 1 aromatic heterocycles. The summed E-state index contributed by atoms with van der Waals surface area (Å²) in [5.74, 6) is -4.28. The van der Waals surface area contributed by atoms with Crippen LogP contribution in [0.1, 0.15) is 59.6 Å². The molecule has 9 nitrogen and oxygen atoms in total. The predicted octanol–water partition coefficient (Wildman–Crippen LogP) is 3.05. The summed E-state index contributed by atoms with van der Waals surface area (Å²) in [5.41, 5.74) is 5.49. The Morgan fingerprint density at radius 1 is 1.24 bits per heavy atom. The van der Waals surface area contributed by atoms with Crippen LogP contribution < -0.4 is 16.4 Å². The molecule has 1 aliphatic carbocycles. The summed E-state index contributed by atoms with van der Waals surface area (Å²) in [5, 5.41) is 5.15. The van der Waals surface area contributed by atoms with Crippen molar-refractivity contribution in [2.75, 3.05) is 19.0 Å². The number of carbonyl (C=O) groups is 3. The molecule has 1 fully saturated rings. The van der Waals surface area contributed by atoms with Crippen LogP contribution in [0.4, 0.5) is 14.5 Å². The van der Waals surface area contributed by atoms with Gasteiger partial charge in [0, 0.05) is 31.2 Å². The average molecular weight is 498 g/mol. The zero-order valence-corrected chi connectivity index (χ0v) is 19.5. The molecule has 0 saturated heterocycles. The van der Waals surface area contributed by atoms with Gasteiger partial charge in [-0.3, -0.25) is 14.4 Å². The standard InChI is InChI=1S/C22H26ClF2N5O4/c1-11(9-34-2)28-22(33)18-19(20(26)31)30(10-27-18)13-5-3-12(4-6-13)21(32)29-17-8-16(25)15(24)7-14(17)23/h7-8,10-13H,3-6,9H2,1-2H3,(H2,26,31)(H,28,33)(H,29,32)/t11?,12-,13-. The van der Waals surface area contributed by atoms with Crippen molar-refractivity contribution in [3.8, 4) is 0 Å². The number of hydrogen-bond donors (Lipinski definition) is 3. The van der Waals surface area contributed by atoms with Gasteiger partial charge in [0.05, 0.1) is 23.6 Å². The van der Waals surface area contributed by atoms with Crippen molar-refractivity contribution in [2.24, 2.45) is 11.7 Å². The highest BCUT2D eigenvalue weighted by Crippen LogP contribution is 2.35. The number of hydrogen-bond acceptors (Lipinski definition) is 5. The highest BCUT2D eigenvalue weighted by atomic mass is 35.5. The Morgan fingerprint density at radius 2 is 1.88 bits per heavy atom. The second kappa shape index (κ2) is 10.9. The Bertz CT molecular complexity index is 1090. The molecule has 1 aromatic carbocycles. The Morgan fingerprint density at radius 3 is 2.50 bits per heavy atom. The van der Waals surface area contributed by atoms with E-state index in [1.54, 1.807) is 11.5 Å². The molecule has 184 valence electrons. The third kappa shape index (κ3) is 5.71. The fraction of sp³-hybridized carbons (Fsp3) is 0.455. The molecule has 1 atom stereocenters. The molecule has 0 aliphatic heterocycles. The smallest absolute Gasteiger partial charge is 0.272 e. The molecule has 3 rings (SSSR count). The van der Waals surface area contributed by atoms with Gasteiger partial charge in [-0.25, -0.2) is 13.8 Å². The van der Waals surface area contributed by atoms with Gasteiger partial charge in [0.15, 0.2) is 17.3 Å². The Kier molecular flexibility index (Phi) is 8.21. The molecule has 4 N–H and O–H groups in total. The van der Waals surface area contributed by atoms with Gasteiger partial charge in [-0.2, -0.15) is 0 Å². The van der Waals surface area contributed by atoms with Crippen molar-refractivity contribution < 1.29 is 27.9 Å². The van der Waals surface area contributed by atoms with Gasteiger partial charge in [0.2, 0.25) is 5.91 Å². The first-order chi connectivity index (χ1) is 16.1. The summed E-state index contributed by atoms with van der Waals surface area (Å²) in [6.45, 7) is 2.04. The maximum atomic E-state index is 13.5. The number of amides is 3. The van der Waals surface area contributed by atoms with Crippen molar-refractivity contribution in [1.29, 1.82) is 0 Å². The lowest BCUT2D eigenvalue weighted by Crippen LogP contribution is -2.37. The number of methoxy groups -OCH3 is 1. The number of halogens is 3. The lowest BCUT2D eigenvalue weighted by Gasteiger charge is -2.29. The van der Waals surface area contributed by atoms with Crippen LogP contribution in [0.15, 0.2) is 18.5 Å². The first-order valence-electron chi connectivity index (χ1n) is 10.7. The molecule has 2 aromatic rings. The number of nitrogens with two attached hydrogens (primary N) is 1. The average Bonchev–Trinajstić information content (AvgIpc) is 3.23. The number of imidazole rings is 1. The van der Waals surface area contributed by atoms with Crippen LogP contribution in [0.2, 0.25) is 5.02 Å². The van der Waals surface area contributed by atoms with Gasteiger partial charge in [-0.05, 0) is 38.7 Å². The monoisotopic (exact) mass is 497 g/mol. The highest BCUT2D eigenvalue weighted by Gasteiger charge is 2.31. The van der Waals surface area contributed by atoms with Crippen molar-refractivity contribution in [1.82, 2.24) is 14.9 Å². The number of primary amides is 1. The maximum absolute atomic E-state index is 13.5. The fourth-order valence-electron chi connectivity index (χ4n) is 4.10. The van der Waals surface area contributed by atoms with Crippen molar-refractivity contribution in [3.63, 3.8) is 0 Å². The summed E-state index contributed by atoms with van der Waals surface area (Å²) in [6, 6.07) is 1.16. The quantitative estimate of drug-likeness (QED) is 0.483. The van der Waals surface area contributed by atoms with Crippen LogP contribution in [-0.4, -0.2) is 47.0 Å². The second-order valence-corrected chi connectivity index (χ2v) is 8.69. The number of aromatic nitrogens is 2. The molecule has 1 saturated carbocycles. The van der Waals surface area contributed by atoms with E-state index in [1.807, 2.05) is 0 Å². The van der Waals surface area contributed by atoms with E-state index in [0.717, 1.165) is 12.1 Å². The van der Waals surface area contributed by atoms with E-state index in [2.05, 4.69) is 15.6 Å². The van der Waals surface area contributed by atoms with E-state index in [-0.39, 0.29) is 40.1 Å². The summed E-state index contributed by atoms with van der Waals surface area (Å²) >= 11 is 5.90. The third-order valence-electron chi connectivity index (χ3n) is 5.77. The van der Waals surface area contributed by atoms with Crippen molar-refractivity contribution in [3.05, 3.63) is 46.5 Å². The molecule has 1 aliphatic rings. The van der Waals surface area contributed by atoms with Crippen molar-refractivity contribution in [2.45, 2.75) is 44.7 Å². The molecular weight excluding hydrogens is 472 g/mol. The normalized spacial score (nSPS) is 18.9. The molecule has 0 bridgehead atoms. The fourth-order valence-corrected chi connectivity index (χ4v) is 4.30. The predicted molar refractivity (Wildman–Crippen MR) is 121 cm³/mol. The molecule has 1 heterocycles. The lowest BCUT2D eigenvalue weighted by molar-refractivity contribution is -0.121. The van der Waals surface area contributed by atoms with Crippen LogP contribution >= 0.6 is 11.6 Å². The zero-order chi connectivity index (χ0) is 25.0. The molecule has 0 radical (unpaired) electrons. The van der Waals surface area contributed by atoms with E-state index in [0.29, 0.717) is 32.3 Å². The minimum atomic E-state index is -1.11. The van der Waals surface area contributed by atoms with E-state index < -0.39 is 29.4 Å². The molecule has 3 amide bonds. The van der Waals surface area contributed by atoms with E-state index in [9.17, 15) is 23.2 Å². The lowest BCUT2D eigenvalue weighted by atomic mass is 9.85. The SMILES string of the molecule is COCC(C)NC(=O)c1ncn([C@H]2CC[C@H](C(=O)Nc3cc(F)c(F)cc3Cl)CC2)c1C(N)=O. The summed E-state index contributed by atoms with van der Waals surface area (Å²) < 4.78 is 33.3. The van der Waals surface area contributed by atoms with E-state index >= 15 is 0 Å². The minimum Gasteiger partial charge on any atom is -0.383 e. The number of nitrogens with zero attached hydrogens (tertiary/aromatic N) is 2. The van der Waals surface area contributed by atoms with E-state index in [4.69, 9.17) is 22.1 Å². The van der Waals surface area contributed by atoms with Gasteiger partial charge in [-0.15, -0.1) is 0 Å². The largest absolute Gasteiger partial charge is 0.383 e. The number of anilines is 1. The number of ether oxygens (including phenoxy) is 1.